The summed E-state index contributed by atoms with van der Waals surface area (Å²) in [4.78, 5) is 15.5. The number of hydrogen-bond donors (Lipinski definition) is 2. The molecule has 0 aliphatic carbocycles. The summed E-state index contributed by atoms with van der Waals surface area (Å²) in [6, 6.07) is 17.7. The summed E-state index contributed by atoms with van der Waals surface area (Å²) in [5, 5.41) is 6.08. The van der Waals surface area contributed by atoms with E-state index in [4.69, 9.17) is 21.1 Å². The number of fused-ring (bicyclic) bond motifs is 1. The number of H-pyrrole nitrogens is 1. The molecule has 0 spiro atoms. The highest BCUT2D eigenvalue weighted by Gasteiger charge is 2.09. The molecule has 0 unspecified atom stereocenters. The van der Waals surface area contributed by atoms with Gasteiger partial charge in [-0.3, -0.25) is 4.79 Å². The van der Waals surface area contributed by atoms with Crippen LogP contribution in [0.3, 0.4) is 0 Å². The Balaban J connectivity index is 1.30. The van der Waals surface area contributed by atoms with Gasteiger partial charge in [0, 0.05) is 34.1 Å². The van der Waals surface area contributed by atoms with Crippen molar-refractivity contribution in [3.8, 4) is 11.5 Å². The summed E-state index contributed by atoms with van der Waals surface area (Å²) >= 11 is 6.26. The second kappa shape index (κ2) is 11.8. The number of aromatic amines is 1. The zero-order chi connectivity index (χ0) is 25.5. The van der Waals surface area contributed by atoms with Gasteiger partial charge in [0.05, 0.1) is 13.3 Å². The molecule has 0 radical (unpaired) electrons. The summed E-state index contributed by atoms with van der Waals surface area (Å²) in [6.45, 7) is 4.23. The molecule has 6 nitrogen and oxygen atoms in total. The van der Waals surface area contributed by atoms with Crippen LogP contribution in [0, 0.1) is 13.8 Å². The second-order valence-electron chi connectivity index (χ2n) is 8.74. The number of nitrogens with one attached hydrogen (secondary N) is 2. The number of hydrogen-bond acceptors (Lipinski definition) is 4. The number of halogens is 1. The Labute approximate surface area is 216 Å². The SMILES string of the molecule is COc1ccc(/C=N\NC(=O)CCCc2c[nH]c3ccccc23)cc1COc1cc(C)c(Cl)c(C)c1. The Morgan fingerprint density at radius 3 is 2.64 bits per heavy atom. The van der Waals surface area contributed by atoms with Gasteiger partial charge in [0.25, 0.3) is 0 Å². The second-order valence-corrected chi connectivity index (χ2v) is 9.12. The molecule has 1 heterocycles. The number of ether oxygens (including phenoxy) is 2. The van der Waals surface area contributed by atoms with Crippen molar-refractivity contribution in [3.63, 3.8) is 0 Å². The fourth-order valence-corrected chi connectivity index (χ4v) is 4.26. The molecule has 0 bridgehead atoms. The molecule has 0 atom stereocenters. The van der Waals surface area contributed by atoms with Crippen molar-refractivity contribution in [3.05, 3.63) is 93.6 Å². The predicted molar refractivity (Wildman–Crippen MR) is 145 cm³/mol. The minimum Gasteiger partial charge on any atom is -0.496 e. The van der Waals surface area contributed by atoms with Gasteiger partial charge in [-0.15, -0.1) is 0 Å². The van der Waals surface area contributed by atoms with Crippen molar-refractivity contribution >= 4 is 34.6 Å². The van der Waals surface area contributed by atoms with Crippen LogP contribution < -0.4 is 14.9 Å². The quantitative estimate of drug-likeness (QED) is 0.191. The summed E-state index contributed by atoms with van der Waals surface area (Å²) in [7, 11) is 1.62. The molecule has 0 saturated carbocycles. The van der Waals surface area contributed by atoms with Gasteiger partial charge < -0.3 is 14.5 Å². The van der Waals surface area contributed by atoms with Crippen LogP contribution >= 0.6 is 11.6 Å². The van der Waals surface area contributed by atoms with Gasteiger partial charge in [-0.05, 0) is 85.3 Å². The molecule has 0 saturated heterocycles. The molecule has 1 aromatic heterocycles. The number of nitrogens with zero attached hydrogens (tertiary/aromatic N) is 1. The van der Waals surface area contributed by atoms with E-state index in [1.165, 1.54) is 10.9 Å². The van der Waals surface area contributed by atoms with Crippen molar-refractivity contribution in [2.45, 2.75) is 39.7 Å². The first-order valence-corrected chi connectivity index (χ1v) is 12.3. The highest BCUT2D eigenvalue weighted by Crippen LogP contribution is 2.28. The standard InChI is InChI=1S/C29H30ClN3O3/c1-19-13-24(14-20(2)29(19)30)36-18-23-15-21(11-12-27(23)35-3)16-32-33-28(34)10-6-7-22-17-31-26-9-5-4-8-25(22)26/h4-5,8-9,11-17,31H,6-7,10,18H2,1-3H3,(H,33,34)/b32-16-. The first-order valence-electron chi connectivity index (χ1n) is 11.9. The van der Waals surface area contributed by atoms with E-state index in [-0.39, 0.29) is 5.91 Å². The van der Waals surface area contributed by atoms with Gasteiger partial charge in [-0.25, -0.2) is 5.43 Å². The van der Waals surface area contributed by atoms with E-state index in [9.17, 15) is 4.79 Å². The van der Waals surface area contributed by atoms with E-state index in [1.807, 2.05) is 62.5 Å². The Morgan fingerprint density at radius 2 is 1.86 bits per heavy atom. The number of carbonyl (C=O) groups is 1. The molecule has 3 aromatic carbocycles. The lowest BCUT2D eigenvalue weighted by molar-refractivity contribution is -0.121. The molecule has 186 valence electrons. The summed E-state index contributed by atoms with van der Waals surface area (Å²) in [5.41, 5.74) is 8.60. The normalized spacial score (nSPS) is 11.2. The smallest absolute Gasteiger partial charge is 0.240 e. The van der Waals surface area contributed by atoms with E-state index >= 15 is 0 Å². The monoisotopic (exact) mass is 503 g/mol. The number of para-hydroxylation sites is 1. The molecule has 1 amide bonds. The molecule has 2 N–H and O–H groups in total. The average Bonchev–Trinajstić information content (AvgIpc) is 3.29. The lowest BCUT2D eigenvalue weighted by atomic mass is 10.1. The van der Waals surface area contributed by atoms with Crippen LogP contribution in [0.15, 0.2) is 65.9 Å². The number of benzene rings is 3. The number of rotatable bonds is 10. The maximum atomic E-state index is 12.2. The van der Waals surface area contributed by atoms with Gasteiger partial charge in [0.1, 0.15) is 18.1 Å². The van der Waals surface area contributed by atoms with Crippen LogP contribution in [0.4, 0.5) is 0 Å². The van der Waals surface area contributed by atoms with Gasteiger partial charge in [0.2, 0.25) is 5.91 Å². The highest BCUT2D eigenvalue weighted by molar-refractivity contribution is 6.32. The van der Waals surface area contributed by atoms with Crippen molar-refractivity contribution in [1.29, 1.82) is 0 Å². The number of methoxy groups -OCH3 is 1. The zero-order valence-electron chi connectivity index (χ0n) is 20.7. The van der Waals surface area contributed by atoms with Gasteiger partial charge in [0.15, 0.2) is 0 Å². The van der Waals surface area contributed by atoms with Gasteiger partial charge in [-0.1, -0.05) is 29.8 Å². The van der Waals surface area contributed by atoms with Crippen LogP contribution in [0.5, 0.6) is 11.5 Å². The third-order valence-corrected chi connectivity index (χ3v) is 6.63. The van der Waals surface area contributed by atoms with Crippen LogP contribution in [0.2, 0.25) is 5.02 Å². The first-order chi connectivity index (χ1) is 17.4. The maximum absolute atomic E-state index is 12.2. The fraction of sp³-hybridized carbons (Fsp3) is 0.241. The maximum Gasteiger partial charge on any atom is 0.240 e. The Hall–Kier alpha value is -3.77. The third kappa shape index (κ3) is 6.26. The third-order valence-electron chi connectivity index (χ3n) is 6.04. The predicted octanol–water partition coefficient (Wildman–Crippen LogP) is 6.50. The molecule has 7 heteroatoms. The van der Waals surface area contributed by atoms with Crippen LogP contribution in [-0.4, -0.2) is 24.2 Å². The van der Waals surface area contributed by atoms with Crippen LogP contribution in [0.1, 0.15) is 40.7 Å². The molecular formula is C29H30ClN3O3. The molecule has 36 heavy (non-hydrogen) atoms. The van der Waals surface area contributed by atoms with Gasteiger partial charge in [-0.2, -0.15) is 5.10 Å². The van der Waals surface area contributed by atoms with E-state index < -0.39 is 0 Å². The van der Waals surface area contributed by atoms with Crippen LogP contribution in [0.25, 0.3) is 10.9 Å². The van der Waals surface area contributed by atoms with Crippen molar-refractivity contribution in [2.24, 2.45) is 5.10 Å². The number of carbonyl (C=O) groups excluding carboxylic acids is 1. The lowest BCUT2D eigenvalue weighted by Crippen LogP contribution is -2.17. The minimum absolute atomic E-state index is 0.114. The molecule has 4 rings (SSSR count). The van der Waals surface area contributed by atoms with Crippen molar-refractivity contribution < 1.29 is 14.3 Å². The van der Waals surface area contributed by atoms with Crippen molar-refractivity contribution in [2.75, 3.05) is 7.11 Å². The van der Waals surface area contributed by atoms with Crippen molar-refractivity contribution in [1.82, 2.24) is 10.4 Å². The molecule has 0 aliphatic heterocycles. The Bertz CT molecular complexity index is 1370. The fourth-order valence-electron chi connectivity index (χ4n) is 4.15. The molecule has 0 aliphatic rings. The lowest BCUT2D eigenvalue weighted by Gasteiger charge is -2.13. The summed E-state index contributed by atoms with van der Waals surface area (Å²) in [5.74, 6) is 1.35. The Kier molecular flexibility index (Phi) is 8.28. The summed E-state index contributed by atoms with van der Waals surface area (Å²) in [6.07, 6.45) is 5.61. The van der Waals surface area contributed by atoms with E-state index in [0.29, 0.717) is 13.0 Å². The number of aryl methyl sites for hydroxylation is 3. The molecule has 0 fully saturated rings. The number of aromatic nitrogens is 1. The van der Waals surface area contributed by atoms with E-state index in [1.54, 1.807) is 13.3 Å². The Morgan fingerprint density at radius 1 is 1.08 bits per heavy atom. The minimum atomic E-state index is -0.114. The first kappa shape index (κ1) is 25.3. The van der Waals surface area contributed by atoms with E-state index in [2.05, 4.69) is 27.6 Å². The average molecular weight is 504 g/mol. The highest BCUT2D eigenvalue weighted by atomic mass is 35.5. The van der Waals surface area contributed by atoms with Crippen LogP contribution in [-0.2, 0) is 17.8 Å². The number of hydrazone groups is 1. The topological polar surface area (TPSA) is 75.7 Å². The van der Waals surface area contributed by atoms with Gasteiger partial charge >= 0.3 is 0 Å². The number of amides is 1. The molecule has 4 aromatic rings. The summed E-state index contributed by atoms with van der Waals surface area (Å²) < 4.78 is 11.5. The molecular weight excluding hydrogens is 474 g/mol. The largest absolute Gasteiger partial charge is 0.496 e. The van der Waals surface area contributed by atoms with E-state index in [0.717, 1.165) is 57.1 Å². The zero-order valence-corrected chi connectivity index (χ0v) is 21.5.